The topological polar surface area (TPSA) is 21.3 Å². The van der Waals surface area contributed by atoms with Crippen LogP contribution in [-0.2, 0) is 6.54 Å². The molecule has 2 nitrogen and oxygen atoms in total. The Morgan fingerprint density at radius 3 is 2.89 bits per heavy atom. The summed E-state index contributed by atoms with van der Waals surface area (Å²) in [6.07, 6.45) is 5.40. The lowest BCUT2D eigenvalue weighted by molar-refractivity contribution is 0.345. The predicted octanol–water partition coefficient (Wildman–Crippen LogP) is 3.11. The van der Waals surface area contributed by atoms with Crippen molar-refractivity contribution in [2.45, 2.75) is 38.3 Å². The maximum absolute atomic E-state index is 14.0. The van der Waals surface area contributed by atoms with E-state index in [-0.39, 0.29) is 5.82 Å². The van der Waals surface area contributed by atoms with E-state index in [0.29, 0.717) is 23.9 Å². The van der Waals surface area contributed by atoms with E-state index in [1.54, 1.807) is 6.07 Å². The van der Waals surface area contributed by atoms with E-state index in [4.69, 9.17) is 4.74 Å². The van der Waals surface area contributed by atoms with Crippen molar-refractivity contribution in [1.82, 2.24) is 5.32 Å². The molecule has 3 atom stereocenters. The zero-order chi connectivity index (χ0) is 12.5. The highest BCUT2D eigenvalue weighted by molar-refractivity contribution is 5.31. The highest BCUT2D eigenvalue weighted by atomic mass is 19.1. The fraction of sp³-hybridized carbons (Fsp3) is 0.600. The van der Waals surface area contributed by atoms with Crippen LogP contribution in [0.4, 0.5) is 4.39 Å². The van der Waals surface area contributed by atoms with Crippen molar-refractivity contribution in [3.63, 3.8) is 0 Å². The number of rotatable bonds is 4. The van der Waals surface area contributed by atoms with Crippen molar-refractivity contribution in [3.05, 3.63) is 29.6 Å². The number of halogens is 1. The molecule has 2 aliphatic carbocycles. The molecule has 0 aliphatic heterocycles. The van der Waals surface area contributed by atoms with Gasteiger partial charge in [0.2, 0.25) is 0 Å². The van der Waals surface area contributed by atoms with Gasteiger partial charge in [0.05, 0.1) is 7.11 Å². The van der Waals surface area contributed by atoms with E-state index < -0.39 is 0 Å². The molecule has 1 aromatic rings. The molecule has 0 saturated heterocycles. The van der Waals surface area contributed by atoms with Gasteiger partial charge < -0.3 is 10.1 Å². The highest BCUT2D eigenvalue weighted by Crippen LogP contribution is 2.44. The van der Waals surface area contributed by atoms with Crippen LogP contribution < -0.4 is 10.1 Å². The summed E-state index contributed by atoms with van der Waals surface area (Å²) in [5.41, 5.74) is 0.706. The number of methoxy groups -OCH3 is 1. The van der Waals surface area contributed by atoms with E-state index in [0.717, 1.165) is 11.8 Å². The quantitative estimate of drug-likeness (QED) is 0.885. The first kappa shape index (κ1) is 12.0. The van der Waals surface area contributed by atoms with Gasteiger partial charge in [-0.1, -0.05) is 18.6 Å². The third kappa shape index (κ3) is 2.12. The molecule has 1 N–H and O–H groups in total. The minimum Gasteiger partial charge on any atom is -0.494 e. The zero-order valence-electron chi connectivity index (χ0n) is 10.8. The van der Waals surface area contributed by atoms with Crippen LogP contribution in [0.25, 0.3) is 0 Å². The summed E-state index contributed by atoms with van der Waals surface area (Å²) < 4.78 is 19.0. The SMILES string of the molecule is COc1cccc(CNC2CC3CCC2C3)c1F. The van der Waals surface area contributed by atoms with Crippen molar-refractivity contribution >= 4 is 0 Å². The summed E-state index contributed by atoms with van der Waals surface area (Å²) in [7, 11) is 1.51. The lowest BCUT2D eigenvalue weighted by atomic mass is 9.95. The van der Waals surface area contributed by atoms with E-state index in [1.165, 1.54) is 32.8 Å². The van der Waals surface area contributed by atoms with Crippen LogP contribution in [-0.4, -0.2) is 13.2 Å². The van der Waals surface area contributed by atoms with Crippen molar-refractivity contribution in [3.8, 4) is 5.75 Å². The Morgan fingerprint density at radius 2 is 2.22 bits per heavy atom. The smallest absolute Gasteiger partial charge is 0.169 e. The van der Waals surface area contributed by atoms with E-state index in [1.807, 2.05) is 12.1 Å². The van der Waals surface area contributed by atoms with E-state index >= 15 is 0 Å². The minimum absolute atomic E-state index is 0.226. The number of nitrogens with one attached hydrogen (secondary N) is 1. The molecule has 0 aromatic heterocycles. The van der Waals surface area contributed by atoms with Gasteiger partial charge in [0.15, 0.2) is 11.6 Å². The van der Waals surface area contributed by atoms with E-state index in [9.17, 15) is 4.39 Å². The minimum atomic E-state index is -0.226. The summed E-state index contributed by atoms with van der Waals surface area (Å²) >= 11 is 0. The summed E-state index contributed by atoms with van der Waals surface area (Å²) in [5.74, 6) is 1.85. The molecule has 0 radical (unpaired) electrons. The first-order valence-electron chi connectivity index (χ1n) is 6.82. The summed E-state index contributed by atoms with van der Waals surface area (Å²) in [6, 6.07) is 5.93. The molecular weight excluding hydrogens is 229 g/mol. The van der Waals surface area contributed by atoms with Crippen LogP contribution >= 0.6 is 0 Å². The summed E-state index contributed by atoms with van der Waals surface area (Å²) in [5, 5.41) is 3.53. The molecule has 3 unspecified atom stereocenters. The number of ether oxygens (including phenoxy) is 1. The van der Waals surface area contributed by atoms with Gasteiger partial charge in [-0.05, 0) is 37.2 Å². The second-order valence-electron chi connectivity index (χ2n) is 5.60. The van der Waals surface area contributed by atoms with Crippen LogP contribution in [0.5, 0.6) is 5.75 Å². The standard InChI is InChI=1S/C15H20FNO/c1-18-14-4-2-3-12(15(14)16)9-17-13-8-10-5-6-11(13)7-10/h2-4,10-11,13,17H,5-9H2,1H3. The lowest BCUT2D eigenvalue weighted by Gasteiger charge is -2.23. The zero-order valence-corrected chi connectivity index (χ0v) is 10.8. The van der Waals surface area contributed by atoms with Crippen LogP contribution in [0.15, 0.2) is 18.2 Å². The number of benzene rings is 1. The van der Waals surface area contributed by atoms with Gasteiger partial charge in [0, 0.05) is 18.2 Å². The van der Waals surface area contributed by atoms with Gasteiger partial charge in [-0.3, -0.25) is 0 Å². The van der Waals surface area contributed by atoms with Gasteiger partial charge in [-0.25, -0.2) is 4.39 Å². The average Bonchev–Trinajstić information content (AvgIpc) is 3.00. The molecule has 98 valence electrons. The van der Waals surface area contributed by atoms with Gasteiger partial charge in [0.1, 0.15) is 0 Å². The molecule has 1 aromatic carbocycles. The van der Waals surface area contributed by atoms with Crippen molar-refractivity contribution in [2.24, 2.45) is 11.8 Å². The predicted molar refractivity (Wildman–Crippen MR) is 69.0 cm³/mol. The first-order valence-corrected chi connectivity index (χ1v) is 6.82. The second-order valence-corrected chi connectivity index (χ2v) is 5.60. The molecule has 3 rings (SSSR count). The number of hydrogen-bond donors (Lipinski definition) is 1. The Hall–Kier alpha value is -1.09. The molecule has 2 saturated carbocycles. The molecule has 0 amide bonds. The van der Waals surface area contributed by atoms with Crippen LogP contribution in [0.3, 0.4) is 0 Å². The normalized spacial score (nSPS) is 29.8. The number of hydrogen-bond acceptors (Lipinski definition) is 2. The average molecular weight is 249 g/mol. The Labute approximate surface area is 108 Å². The maximum atomic E-state index is 14.0. The maximum Gasteiger partial charge on any atom is 0.169 e. The van der Waals surface area contributed by atoms with Crippen LogP contribution in [0.2, 0.25) is 0 Å². The first-order chi connectivity index (χ1) is 8.78. The Bertz CT molecular complexity index is 435. The van der Waals surface area contributed by atoms with Crippen molar-refractivity contribution in [1.29, 1.82) is 0 Å². The third-order valence-corrected chi connectivity index (χ3v) is 4.56. The summed E-state index contributed by atoms with van der Waals surface area (Å²) in [4.78, 5) is 0. The molecule has 2 bridgehead atoms. The Kier molecular flexibility index (Phi) is 3.25. The molecular formula is C15H20FNO. The fourth-order valence-electron chi connectivity index (χ4n) is 3.59. The molecule has 3 heteroatoms. The number of fused-ring (bicyclic) bond motifs is 2. The molecule has 0 heterocycles. The lowest BCUT2D eigenvalue weighted by Crippen LogP contribution is -2.33. The third-order valence-electron chi connectivity index (χ3n) is 4.56. The van der Waals surface area contributed by atoms with Crippen molar-refractivity contribution in [2.75, 3.05) is 7.11 Å². The fourth-order valence-corrected chi connectivity index (χ4v) is 3.59. The van der Waals surface area contributed by atoms with Crippen LogP contribution in [0, 0.1) is 17.7 Å². The van der Waals surface area contributed by atoms with Gasteiger partial charge >= 0.3 is 0 Å². The van der Waals surface area contributed by atoms with Gasteiger partial charge in [-0.2, -0.15) is 0 Å². The highest BCUT2D eigenvalue weighted by Gasteiger charge is 2.39. The monoisotopic (exact) mass is 249 g/mol. The van der Waals surface area contributed by atoms with Gasteiger partial charge in [-0.15, -0.1) is 0 Å². The molecule has 0 spiro atoms. The van der Waals surface area contributed by atoms with Crippen LogP contribution in [0.1, 0.15) is 31.2 Å². The second kappa shape index (κ2) is 4.88. The summed E-state index contributed by atoms with van der Waals surface area (Å²) in [6.45, 7) is 0.608. The largest absolute Gasteiger partial charge is 0.494 e. The van der Waals surface area contributed by atoms with Crippen molar-refractivity contribution < 1.29 is 9.13 Å². The Morgan fingerprint density at radius 1 is 1.33 bits per heavy atom. The molecule has 2 fully saturated rings. The van der Waals surface area contributed by atoms with E-state index in [2.05, 4.69) is 5.32 Å². The van der Waals surface area contributed by atoms with Gasteiger partial charge in [0.25, 0.3) is 0 Å². The Balaban J connectivity index is 1.63. The molecule has 2 aliphatic rings. The molecule has 18 heavy (non-hydrogen) atoms.